The Balaban J connectivity index is 1.55. The van der Waals surface area contributed by atoms with E-state index in [9.17, 15) is 14.0 Å². The Hall–Kier alpha value is -3.54. The van der Waals surface area contributed by atoms with Gasteiger partial charge in [-0.1, -0.05) is 42.5 Å². The van der Waals surface area contributed by atoms with Crippen LogP contribution in [0.4, 0.5) is 10.1 Å². The monoisotopic (exact) mass is 377 g/mol. The maximum Gasteiger partial charge on any atom is 0.274 e. The quantitative estimate of drug-likeness (QED) is 0.615. The molecule has 1 heterocycles. The predicted octanol–water partition coefficient (Wildman–Crippen LogP) is 3.84. The van der Waals surface area contributed by atoms with Gasteiger partial charge in [-0.15, -0.1) is 0 Å². The maximum absolute atomic E-state index is 13.7. The number of pyridine rings is 1. The van der Waals surface area contributed by atoms with Crippen molar-refractivity contribution in [1.29, 1.82) is 0 Å². The first-order chi connectivity index (χ1) is 13.6. The molecule has 0 aliphatic rings. The summed E-state index contributed by atoms with van der Waals surface area (Å²) in [6.07, 6.45) is 3.06. The van der Waals surface area contributed by atoms with Crippen molar-refractivity contribution in [1.82, 2.24) is 10.3 Å². The first-order valence-electron chi connectivity index (χ1n) is 8.97. The van der Waals surface area contributed by atoms with Crippen molar-refractivity contribution < 1.29 is 14.0 Å². The van der Waals surface area contributed by atoms with Gasteiger partial charge in [-0.3, -0.25) is 14.6 Å². The Labute approximate surface area is 162 Å². The number of rotatable bonds is 7. The first kappa shape index (κ1) is 19.2. The number of nitrogens with zero attached hydrogens (tertiary/aromatic N) is 1. The van der Waals surface area contributed by atoms with Gasteiger partial charge in [0.15, 0.2) is 0 Å². The minimum Gasteiger partial charge on any atom is -0.352 e. The van der Waals surface area contributed by atoms with E-state index in [1.54, 1.807) is 6.07 Å². The summed E-state index contributed by atoms with van der Waals surface area (Å²) in [7, 11) is 0. The van der Waals surface area contributed by atoms with Crippen LogP contribution in [0.15, 0.2) is 72.9 Å². The average Bonchev–Trinajstić information content (AvgIpc) is 2.73. The fourth-order valence-electron chi connectivity index (χ4n) is 2.69. The minimum absolute atomic E-state index is 0.0418. The number of aromatic nitrogens is 1. The summed E-state index contributed by atoms with van der Waals surface area (Å²) in [4.78, 5) is 28.6. The SMILES string of the molecule is O=C(NCCCc1ccccc1)c1ccnc(C(=O)Nc2ccccc2F)c1. The fourth-order valence-corrected chi connectivity index (χ4v) is 2.69. The molecule has 0 atom stereocenters. The van der Waals surface area contributed by atoms with Crippen LogP contribution < -0.4 is 10.6 Å². The number of anilines is 1. The fraction of sp³-hybridized carbons (Fsp3) is 0.136. The second kappa shape index (κ2) is 9.41. The highest BCUT2D eigenvalue weighted by Gasteiger charge is 2.13. The minimum atomic E-state index is -0.580. The summed E-state index contributed by atoms with van der Waals surface area (Å²) in [5.74, 6) is -1.40. The molecule has 0 radical (unpaired) electrons. The molecular weight excluding hydrogens is 357 g/mol. The van der Waals surface area contributed by atoms with Gasteiger partial charge in [0.2, 0.25) is 0 Å². The number of amides is 2. The van der Waals surface area contributed by atoms with E-state index in [1.165, 1.54) is 42.1 Å². The Bertz CT molecular complexity index is 961. The van der Waals surface area contributed by atoms with E-state index in [4.69, 9.17) is 0 Å². The van der Waals surface area contributed by atoms with E-state index in [-0.39, 0.29) is 17.3 Å². The van der Waals surface area contributed by atoms with E-state index in [2.05, 4.69) is 15.6 Å². The number of nitrogens with one attached hydrogen (secondary N) is 2. The van der Waals surface area contributed by atoms with Crippen LogP contribution in [-0.2, 0) is 6.42 Å². The van der Waals surface area contributed by atoms with Crippen LogP contribution in [0.2, 0.25) is 0 Å². The van der Waals surface area contributed by atoms with Gasteiger partial charge in [0.25, 0.3) is 11.8 Å². The number of aryl methyl sites for hydroxylation is 1. The third-order valence-corrected chi connectivity index (χ3v) is 4.15. The van der Waals surface area contributed by atoms with Crippen molar-refractivity contribution in [2.75, 3.05) is 11.9 Å². The molecule has 0 aliphatic carbocycles. The van der Waals surface area contributed by atoms with Gasteiger partial charge in [-0.25, -0.2) is 4.39 Å². The van der Waals surface area contributed by atoms with Crippen LogP contribution in [0.25, 0.3) is 0 Å². The highest BCUT2D eigenvalue weighted by atomic mass is 19.1. The van der Waals surface area contributed by atoms with Gasteiger partial charge >= 0.3 is 0 Å². The van der Waals surface area contributed by atoms with Gasteiger partial charge in [-0.2, -0.15) is 0 Å². The van der Waals surface area contributed by atoms with Crippen molar-refractivity contribution in [3.63, 3.8) is 0 Å². The molecule has 0 spiro atoms. The Morgan fingerprint density at radius 2 is 1.68 bits per heavy atom. The second-order valence-electron chi connectivity index (χ2n) is 6.21. The van der Waals surface area contributed by atoms with Crippen molar-refractivity contribution >= 4 is 17.5 Å². The third kappa shape index (κ3) is 5.23. The molecule has 2 amide bonds. The largest absolute Gasteiger partial charge is 0.352 e. The van der Waals surface area contributed by atoms with Crippen LogP contribution in [0.5, 0.6) is 0 Å². The van der Waals surface area contributed by atoms with Crippen LogP contribution >= 0.6 is 0 Å². The van der Waals surface area contributed by atoms with Crippen LogP contribution in [-0.4, -0.2) is 23.3 Å². The molecule has 0 saturated carbocycles. The van der Waals surface area contributed by atoms with Crippen molar-refractivity contribution in [3.05, 3.63) is 95.6 Å². The molecule has 0 saturated heterocycles. The summed E-state index contributed by atoms with van der Waals surface area (Å²) in [5.41, 5.74) is 1.64. The third-order valence-electron chi connectivity index (χ3n) is 4.15. The molecule has 5 nitrogen and oxygen atoms in total. The van der Waals surface area contributed by atoms with Crippen molar-refractivity contribution in [3.8, 4) is 0 Å². The van der Waals surface area contributed by atoms with E-state index >= 15 is 0 Å². The molecule has 3 aromatic rings. The lowest BCUT2D eigenvalue weighted by molar-refractivity contribution is 0.0953. The molecule has 3 rings (SSSR count). The molecule has 0 bridgehead atoms. The Morgan fingerprint density at radius 1 is 0.929 bits per heavy atom. The topological polar surface area (TPSA) is 71.1 Å². The number of para-hydroxylation sites is 1. The number of halogens is 1. The van der Waals surface area contributed by atoms with Crippen LogP contribution in [0.1, 0.15) is 32.8 Å². The van der Waals surface area contributed by atoms with Gasteiger partial charge in [0.05, 0.1) is 5.69 Å². The molecule has 1 aromatic heterocycles. The van der Waals surface area contributed by atoms with E-state index in [0.29, 0.717) is 12.1 Å². The molecule has 2 N–H and O–H groups in total. The zero-order chi connectivity index (χ0) is 19.8. The van der Waals surface area contributed by atoms with E-state index < -0.39 is 11.7 Å². The molecule has 0 unspecified atom stereocenters. The van der Waals surface area contributed by atoms with Gasteiger partial charge in [-0.05, 0) is 42.7 Å². The smallest absolute Gasteiger partial charge is 0.274 e. The number of hydrogen-bond acceptors (Lipinski definition) is 3. The number of benzene rings is 2. The predicted molar refractivity (Wildman–Crippen MR) is 106 cm³/mol. The highest BCUT2D eigenvalue weighted by molar-refractivity contribution is 6.04. The lowest BCUT2D eigenvalue weighted by Crippen LogP contribution is -2.25. The van der Waals surface area contributed by atoms with Gasteiger partial charge in [0, 0.05) is 18.3 Å². The van der Waals surface area contributed by atoms with Crippen LogP contribution in [0.3, 0.4) is 0 Å². The molecule has 142 valence electrons. The lowest BCUT2D eigenvalue weighted by Gasteiger charge is -2.08. The average molecular weight is 377 g/mol. The number of carbonyl (C=O) groups excluding carboxylic acids is 2. The molecule has 6 heteroatoms. The molecule has 0 aliphatic heterocycles. The van der Waals surface area contributed by atoms with Crippen LogP contribution in [0, 0.1) is 5.82 Å². The van der Waals surface area contributed by atoms with Gasteiger partial charge < -0.3 is 10.6 Å². The zero-order valence-electron chi connectivity index (χ0n) is 15.2. The molecular formula is C22H20FN3O2. The molecule has 2 aromatic carbocycles. The summed E-state index contributed by atoms with van der Waals surface area (Å²) in [6.45, 7) is 0.521. The zero-order valence-corrected chi connectivity index (χ0v) is 15.2. The standard InChI is InChI=1S/C22H20FN3O2/c23-18-10-4-5-11-19(18)26-22(28)20-15-17(12-14-24-20)21(27)25-13-6-9-16-7-2-1-3-8-16/h1-5,7-8,10-12,14-15H,6,9,13H2,(H,25,27)(H,26,28). The number of carbonyl (C=O) groups is 2. The van der Waals surface area contributed by atoms with E-state index in [0.717, 1.165) is 12.8 Å². The summed E-state index contributed by atoms with van der Waals surface area (Å²) < 4.78 is 13.7. The van der Waals surface area contributed by atoms with E-state index in [1.807, 2.05) is 30.3 Å². The lowest BCUT2D eigenvalue weighted by atomic mass is 10.1. The Morgan fingerprint density at radius 3 is 2.46 bits per heavy atom. The molecule has 28 heavy (non-hydrogen) atoms. The summed E-state index contributed by atoms with van der Waals surface area (Å²) in [6, 6.07) is 18.8. The van der Waals surface area contributed by atoms with Crippen molar-refractivity contribution in [2.24, 2.45) is 0 Å². The first-order valence-corrected chi connectivity index (χ1v) is 8.97. The number of hydrogen-bond donors (Lipinski definition) is 2. The normalized spacial score (nSPS) is 10.3. The van der Waals surface area contributed by atoms with Crippen molar-refractivity contribution in [2.45, 2.75) is 12.8 Å². The Kier molecular flexibility index (Phi) is 6.46. The molecule has 0 fully saturated rings. The highest BCUT2D eigenvalue weighted by Crippen LogP contribution is 2.14. The second-order valence-corrected chi connectivity index (χ2v) is 6.21. The van der Waals surface area contributed by atoms with Gasteiger partial charge in [0.1, 0.15) is 11.5 Å². The maximum atomic E-state index is 13.7. The summed E-state index contributed by atoms with van der Waals surface area (Å²) in [5, 5.41) is 5.29. The summed E-state index contributed by atoms with van der Waals surface area (Å²) >= 11 is 0.